The van der Waals surface area contributed by atoms with Crippen LogP contribution in [0.4, 0.5) is 5.69 Å². The maximum atomic E-state index is 12.3. The van der Waals surface area contributed by atoms with Gasteiger partial charge in [0.25, 0.3) is 5.91 Å². The number of carbonyl (C=O) groups excluding carboxylic acids is 1. The quantitative estimate of drug-likeness (QED) is 0.776. The summed E-state index contributed by atoms with van der Waals surface area (Å²) in [5.41, 5.74) is 6.74. The summed E-state index contributed by atoms with van der Waals surface area (Å²) < 4.78 is 5.09. The van der Waals surface area contributed by atoms with Crippen molar-refractivity contribution in [1.29, 1.82) is 0 Å². The number of hydrogen-bond acceptors (Lipinski definition) is 3. The second kappa shape index (κ2) is 6.45. The zero-order valence-electron chi connectivity index (χ0n) is 12.2. The first kappa shape index (κ1) is 15.3. The van der Waals surface area contributed by atoms with E-state index in [2.05, 4.69) is 26.1 Å². The molecule has 0 aliphatic rings. The maximum Gasteiger partial charge on any atom is 0.251 e. The Bertz CT molecular complexity index is 432. The summed E-state index contributed by atoms with van der Waals surface area (Å²) in [6.45, 7) is 6.28. The highest BCUT2D eigenvalue weighted by Crippen LogP contribution is 2.24. The van der Waals surface area contributed by atoms with Crippen LogP contribution in [0.25, 0.3) is 0 Å². The molecule has 1 aromatic rings. The second-order valence-corrected chi connectivity index (χ2v) is 4.75. The number of benzene rings is 1. The monoisotopic (exact) mass is 264 g/mol. The standard InChI is InChI=1S/C15H24N2O2/c1-5-15(6-2,7-3)17-14(18)11-8-9-13(19-4)12(16)10-11/h8-10H,5-7,16H2,1-4H3,(H,17,18). The van der Waals surface area contributed by atoms with E-state index in [0.29, 0.717) is 17.0 Å². The Morgan fingerprint density at radius 1 is 1.26 bits per heavy atom. The summed E-state index contributed by atoms with van der Waals surface area (Å²) in [5, 5.41) is 3.13. The number of hydrogen-bond donors (Lipinski definition) is 2. The lowest BCUT2D eigenvalue weighted by Gasteiger charge is -2.31. The minimum absolute atomic E-state index is 0.0834. The lowest BCUT2D eigenvalue weighted by Crippen LogP contribution is -2.47. The zero-order valence-corrected chi connectivity index (χ0v) is 12.2. The van der Waals surface area contributed by atoms with Crippen molar-refractivity contribution >= 4 is 11.6 Å². The lowest BCUT2D eigenvalue weighted by molar-refractivity contribution is 0.0888. The largest absolute Gasteiger partial charge is 0.495 e. The Morgan fingerprint density at radius 2 is 1.84 bits per heavy atom. The molecule has 0 heterocycles. The van der Waals surface area contributed by atoms with Gasteiger partial charge in [-0.3, -0.25) is 4.79 Å². The third-order valence-corrected chi connectivity index (χ3v) is 3.90. The molecule has 0 aliphatic heterocycles. The van der Waals surface area contributed by atoms with Gasteiger partial charge >= 0.3 is 0 Å². The molecule has 106 valence electrons. The Kier molecular flexibility index (Phi) is 5.21. The summed E-state index contributed by atoms with van der Waals surface area (Å²) >= 11 is 0. The van der Waals surface area contributed by atoms with Crippen molar-refractivity contribution in [1.82, 2.24) is 5.32 Å². The molecule has 4 nitrogen and oxygen atoms in total. The third-order valence-electron chi connectivity index (χ3n) is 3.90. The van der Waals surface area contributed by atoms with Gasteiger partial charge in [0, 0.05) is 11.1 Å². The highest BCUT2D eigenvalue weighted by molar-refractivity contribution is 5.96. The van der Waals surface area contributed by atoms with Gasteiger partial charge in [0.05, 0.1) is 12.8 Å². The van der Waals surface area contributed by atoms with Crippen molar-refractivity contribution in [3.63, 3.8) is 0 Å². The van der Waals surface area contributed by atoms with Crippen LogP contribution in [0.2, 0.25) is 0 Å². The normalized spacial score (nSPS) is 11.2. The number of nitrogens with two attached hydrogens (primary N) is 1. The van der Waals surface area contributed by atoms with Crippen molar-refractivity contribution in [2.45, 2.75) is 45.6 Å². The molecule has 1 aromatic carbocycles. The van der Waals surface area contributed by atoms with E-state index in [1.807, 2.05) is 0 Å². The van der Waals surface area contributed by atoms with Gasteiger partial charge in [-0.25, -0.2) is 0 Å². The van der Waals surface area contributed by atoms with Gasteiger partial charge in [-0.2, -0.15) is 0 Å². The van der Waals surface area contributed by atoms with Gasteiger partial charge in [0.15, 0.2) is 0 Å². The molecule has 0 aromatic heterocycles. The number of ether oxygens (including phenoxy) is 1. The van der Waals surface area contributed by atoms with E-state index in [1.54, 1.807) is 25.3 Å². The average molecular weight is 264 g/mol. The van der Waals surface area contributed by atoms with Crippen LogP contribution in [-0.2, 0) is 0 Å². The van der Waals surface area contributed by atoms with Crippen LogP contribution in [0.1, 0.15) is 50.4 Å². The molecule has 0 fully saturated rings. The molecule has 1 amide bonds. The predicted molar refractivity (Wildman–Crippen MR) is 78.5 cm³/mol. The van der Waals surface area contributed by atoms with Crippen molar-refractivity contribution in [3.8, 4) is 5.75 Å². The lowest BCUT2D eigenvalue weighted by atomic mass is 9.89. The summed E-state index contributed by atoms with van der Waals surface area (Å²) in [4.78, 5) is 12.3. The Balaban J connectivity index is 2.92. The van der Waals surface area contributed by atoms with Crippen LogP contribution >= 0.6 is 0 Å². The van der Waals surface area contributed by atoms with Gasteiger partial charge in [-0.1, -0.05) is 20.8 Å². The summed E-state index contributed by atoms with van der Waals surface area (Å²) in [5.74, 6) is 0.504. The topological polar surface area (TPSA) is 64.3 Å². The number of amides is 1. The highest BCUT2D eigenvalue weighted by Gasteiger charge is 2.26. The first-order valence-corrected chi connectivity index (χ1v) is 6.78. The van der Waals surface area contributed by atoms with E-state index >= 15 is 0 Å². The van der Waals surface area contributed by atoms with Crippen molar-refractivity contribution < 1.29 is 9.53 Å². The molecular formula is C15H24N2O2. The minimum atomic E-state index is -0.133. The first-order chi connectivity index (χ1) is 9.01. The molecule has 0 atom stereocenters. The fourth-order valence-electron chi connectivity index (χ4n) is 2.20. The molecule has 0 radical (unpaired) electrons. The second-order valence-electron chi connectivity index (χ2n) is 4.75. The summed E-state index contributed by atoms with van der Waals surface area (Å²) in [6.07, 6.45) is 2.74. The molecule has 0 saturated heterocycles. The first-order valence-electron chi connectivity index (χ1n) is 6.78. The Labute approximate surface area is 115 Å². The van der Waals surface area contributed by atoms with Gasteiger partial charge < -0.3 is 15.8 Å². The van der Waals surface area contributed by atoms with E-state index in [0.717, 1.165) is 19.3 Å². The SMILES string of the molecule is CCC(CC)(CC)NC(=O)c1ccc(OC)c(N)c1. The van der Waals surface area contributed by atoms with Gasteiger partial charge in [0.2, 0.25) is 0 Å². The Hall–Kier alpha value is -1.71. The minimum Gasteiger partial charge on any atom is -0.495 e. The number of nitrogen functional groups attached to an aromatic ring is 1. The number of carbonyl (C=O) groups is 1. The number of nitrogens with one attached hydrogen (secondary N) is 1. The van der Waals surface area contributed by atoms with Crippen LogP contribution < -0.4 is 15.8 Å². The molecule has 4 heteroatoms. The number of anilines is 1. The van der Waals surface area contributed by atoms with Gasteiger partial charge in [0.1, 0.15) is 5.75 Å². The molecule has 0 unspecified atom stereocenters. The van der Waals surface area contributed by atoms with E-state index in [4.69, 9.17) is 10.5 Å². The van der Waals surface area contributed by atoms with Crippen molar-refractivity contribution in [2.75, 3.05) is 12.8 Å². The van der Waals surface area contributed by atoms with Gasteiger partial charge in [-0.15, -0.1) is 0 Å². The summed E-state index contributed by atoms with van der Waals surface area (Å²) in [6, 6.07) is 5.10. The molecule has 3 N–H and O–H groups in total. The predicted octanol–water partition coefficient (Wildman–Crippen LogP) is 2.98. The van der Waals surface area contributed by atoms with E-state index in [-0.39, 0.29) is 11.4 Å². The smallest absolute Gasteiger partial charge is 0.251 e. The molecule has 1 rings (SSSR count). The molecule has 0 spiro atoms. The molecule has 0 bridgehead atoms. The molecular weight excluding hydrogens is 240 g/mol. The number of methoxy groups -OCH3 is 1. The molecule has 0 aliphatic carbocycles. The average Bonchev–Trinajstić information content (AvgIpc) is 2.44. The highest BCUT2D eigenvalue weighted by atomic mass is 16.5. The van der Waals surface area contributed by atoms with Crippen LogP contribution in [0.3, 0.4) is 0 Å². The van der Waals surface area contributed by atoms with E-state index in [9.17, 15) is 4.79 Å². The van der Waals surface area contributed by atoms with Crippen LogP contribution in [0.15, 0.2) is 18.2 Å². The third kappa shape index (κ3) is 3.40. The van der Waals surface area contributed by atoms with Crippen molar-refractivity contribution in [2.24, 2.45) is 0 Å². The number of rotatable bonds is 6. The van der Waals surface area contributed by atoms with Crippen LogP contribution in [0.5, 0.6) is 5.75 Å². The van der Waals surface area contributed by atoms with Crippen LogP contribution in [0, 0.1) is 0 Å². The fraction of sp³-hybridized carbons (Fsp3) is 0.533. The molecule has 19 heavy (non-hydrogen) atoms. The molecule has 0 saturated carbocycles. The fourth-order valence-corrected chi connectivity index (χ4v) is 2.20. The zero-order chi connectivity index (χ0) is 14.5. The van der Waals surface area contributed by atoms with Crippen LogP contribution in [-0.4, -0.2) is 18.6 Å². The Morgan fingerprint density at radius 3 is 2.26 bits per heavy atom. The maximum absolute atomic E-state index is 12.3. The van der Waals surface area contributed by atoms with E-state index < -0.39 is 0 Å². The van der Waals surface area contributed by atoms with E-state index in [1.165, 1.54) is 0 Å². The summed E-state index contributed by atoms with van der Waals surface area (Å²) in [7, 11) is 1.56. The van der Waals surface area contributed by atoms with Gasteiger partial charge in [-0.05, 0) is 37.5 Å². The van der Waals surface area contributed by atoms with Crippen molar-refractivity contribution in [3.05, 3.63) is 23.8 Å².